The number of hydrogen-bond acceptors (Lipinski definition) is 8. The van der Waals surface area contributed by atoms with Crippen LogP contribution in [0.3, 0.4) is 0 Å². The fourth-order valence-corrected chi connectivity index (χ4v) is 6.62. The third kappa shape index (κ3) is 9.31. The number of carbonyl (C=O) groups is 3. The van der Waals surface area contributed by atoms with Crippen molar-refractivity contribution in [2.45, 2.75) is 19.8 Å². The summed E-state index contributed by atoms with van der Waals surface area (Å²) in [7, 11) is 0. The van der Waals surface area contributed by atoms with Crippen LogP contribution in [0.25, 0.3) is 21.9 Å². The van der Waals surface area contributed by atoms with E-state index in [1.165, 1.54) is 29.2 Å². The highest BCUT2D eigenvalue weighted by molar-refractivity contribution is 5.98. The maximum atomic E-state index is 15.1. The largest absolute Gasteiger partial charge is 0.378 e. The number of hydrogen-bond donors (Lipinski definition) is 3. The van der Waals surface area contributed by atoms with Gasteiger partial charge in [0.25, 0.3) is 17.4 Å². The summed E-state index contributed by atoms with van der Waals surface area (Å²) in [5, 5.41) is 23.1. The summed E-state index contributed by atoms with van der Waals surface area (Å²) < 4.78 is 35.5. The summed E-state index contributed by atoms with van der Waals surface area (Å²) in [5.41, 5.74) is 2.85. The maximum Gasteiger partial charge on any atom is 0.272 e. The van der Waals surface area contributed by atoms with Crippen LogP contribution in [0.1, 0.15) is 50.0 Å². The van der Waals surface area contributed by atoms with Crippen molar-refractivity contribution in [3.63, 3.8) is 0 Å². The third-order valence-electron chi connectivity index (χ3n) is 9.67. The van der Waals surface area contributed by atoms with Crippen molar-refractivity contribution in [2.75, 3.05) is 59.0 Å². The summed E-state index contributed by atoms with van der Waals surface area (Å²) in [6, 6.07) is 23.7. The lowest BCUT2D eigenvalue weighted by Crippen LogP contribution is -2.52. The molecule has 1 fully saturated rings. The van der Waals surface area contributed by atoms with Gasteiger partial charge in [-0.25, -0.2) is 13.9 Å². The predicted octanol–water partition coefficient (Wildman–Crippen LogP) is 4.21. The zero-order chi connectivity index (χ0) is 39.6. The lowest BCUT2D eigenvalue weighted by atomic mass is 9.97. The molecule has 12 nitrogen and oxygen atoms in total. The van der Waals surface area contributed by atoms with Crippen LogP contribution in [0.4, 0.5) is 8.78 Å². The van der Waals surface area contributed by atoms with Gasteiger partial charge in [0.15, 0.2) is 0 Å². The van der Waals surface area contributed by atoms with E-state index in [0.29, 0.717) is 47.2 Å². The minimum absolute atomic E-state index is 0.0487. The number of aromatic nitrogens is 2. The Hall–Kier alpha value is -6.30. The van der Waals surface area contributed by atoms with Crippen molar-refractivity contribution < 1.29 is 27.9 Å². The quantitative estimate of drug-likeness (QED) is 0.142. The van der Waals surface area contributed by atoms with E-state index in [0.717, 1.165) is 17.5 Å². The van der Waals surface area contributed by atoms with Crippen LogP contribution >= 0.6 is 0 Å². The van der Waals surface area contributed by atoms with Crippen molar-refractivity contribution in [1.29, 1.82) is 5.26 Å². The van der Waals surface area contributed by atoms with E-state index >= 15 is 4.39 Å². The first-order valence-electron chi connectivity index (χ1n) is 18.4. The van der Waals surface area contributed by atoms with Crippen molar-refractivity contribution in [3.05, 3.63) is 134 Å². The molecule has 1 aliphatic rings. The number of benzene rings is 4. The first-order valence-corrected chi connectivity index (χ1v) is 18.4. The van der Waals surface area contributed by atoms with E-state index in [1.54, 1.807) is 29.2 Å². The molecule has 0 spiro atoms. The van der Waals surface area contributed by atoms with Gasteiger partial charge in [0.05, 0.1) is 47.5 Å². The Morgan fingerprint density at radius 2 is 1.61 bits per heavy atom. The minimum Gasteiger partial charge on any atom is -0.378 e. The molecule has 1 aromatic heterocycles. The molecule has 1 saturated heterocycles. The molecule has 0 unspecified atom stereocenters. The second-order valence-electron chi connectivity index (χ2n) is 13.3. The molecule has 2 heterocycles. The third-order valence-corrected chi connectivity index (χ3v) is 9.67. The fourth-order valence-electron chi connectivity index (χ4n) is 6.62. The molecule has 0 bridgehead atoms. The predicted molar refractivity (Wildman–Crippen MR) is 206 cm³/mol. The Morgan fingerprint density at radius 3 is 2.38 bits per heavy atom. The van der Waals surface area contributed by atoms with Gasteiger partial charge in [0, 0.05) is 51.1 Å². The molecular formula is C42H41F2N7O5. The van der Waals surface area contributed by atoms with Gasteiger partial charge in [0.1, 0.15) is 17.7 Å². The molecule has 5 aromatic rings. The summed E-state index contributed by atoms with van der Waals surface area (Å²) >= 11 is 0. The van der Waals surface area contributed by atoms with Crippen LogP contribution in [-0.2, 0) is 22.4 Å². The number of fused-ring (bicyclic) bond motifs is 1. The molecule has 0 atom stereocenters. The van der Waals surface area contributed by atoms with Crippen LogP contribution in [0.2, 0.25) is 0 Å². The van der Waals surface area contributed by atoms with E-state index in [1.807, 2.05) is 43.3 Å². The average molecular weight is 762 g/mol. The first-order chi connectivity index (χ1) is 27.2. The monoisotopic (exact) mass is 761 g/mol. The molecule has 3 N–H and O–H groups in total. The van der Waals surface area contributed by atoms with E-state index < -0.39 is 23.4 Å². The number of aromatic amines is 1. The standard InChI is InChI=1S/C42H41F2N7O5/c1-2-27-6-5-7-29(20-27)30-23-31(25-45)39(36(44)24-30)41(54)47-13-19-56-18-12-46-26-38(52)50-14-16-51(17-15-50)42(55)34-21-28(10-11-35(34)43)22-37-32-8-3-4-9-33(32)40(53)49-48-37/h3-11,20-21,23-24,46H,2,12-19,22,26H2,1H3,(H,47,54)(H,49,53). The molecule has 0 saturated carbocycles. The van der Waals surface area contributed by atoms with E-state index in [9.17, 15) is 28.8 Å². The Labute approximate surface area is 322 Å². The lowest BCUT2D eigenvalue weighted by molar-refractivity contribution is -0.131. The van der Waals surface area contributed by atoms with Crippen LogP contribution in [-0.4, -0.2) is 96.7 Å². The molecule has 4 aromatic carbocycles. The van der Waals surface area contributed by atoms with Gasteiger partial charge in [-0.15, -0.1) is 0 Å². The van der Waals surface area contributed by atoms with Crippen molar-refractivity contribution >= 4 is 28.5 Å². The minimum atomic E-state index is -0.785. The average Bonchev–Trinajstić information content (AvgIpc) is 3.22. The second-order valence-corrected chi connectivity index (χ2v) is 13.3. The highest BCUT2D eigenvalue weighted by Gasteiger charge is 2.27. The lowest BCUT2D eigenvalue weighted by Gasteiger charge is -2.35. The number of rotatable bonds is 14. The molecule has 14 heteroatoms. The van der Waals surface area contributed by atoms with Gasteiger partial charge in [0.2, 0.25) is 5.91 Å². The molecular weight excluding hydrogens is 721 g/mol. The van der Waals surface area contributed by atoms with Gasteiger partial charge in [-0.3, -0.25) is 19.2 Å². The maximum absolute atomic E-state index is 15.1. The fraction of sp³-hybridized carbons (Fsp3) is 0.286. The Morgan fingerprint density at radius 1 is 0.857 bits per heavy atom. The number of nitriles is 1. The number of halogens is 2. The van der Waals surface area contributed by atoms with Gasteiger partial charge >= 0.3 is 0 Å². The zero-order valence-corrected chi connectivity index (χ0v) is 30.9. The van der Waals surface area contributed by atoms with Crippen LogP contribution in [0, 0.1) is 23.0 Å². The Kier molecular flexibility index (Phi) is 12.9. The van der Waals surface area contributed by atoms with E-state index in [4.69, 9.17) is 4.74 Å². The van der Waals surface area contributed by atoms with E-state index in [-0.39, 0.29) is 74.0 Å². The molecule has 3 amide bonds. The summed E-state index contributed by atoms with van der Waals surface area (Å²) in [4.78, 5) is 54.2. The van der Waals surface area contributed by atoms with Crippen LogP contribution in [0.5, 0.6) is 0 Å². The smallest absolute Gasteiger partial charge is 0.272 e. The number of piperazine rings is 1. The molecule has 0 aliphatic carbocycles. The zero-order valence-electron chi connectivity index (χ0n) is 30.9. The number of amides is 3. The van der Waals surface area contributed by atoms with Crippen molar-refractivity contribution in [2.24, 2.45) is 0 Å². The number of carbonyl (C=O) groups excluding carboxylic acids is 3. The number of aryl methyl sites for hydroxylation is 1. The second kappa shape index (κ2) is 18.4. The van der Waals surface area contributed by atoms with Crippen LogP contribution in [0.15, 0.2) is 83.7 Å². The highest BCUT2D eigenvalue weighted by Crippen LogP contribution is 2.26. The normalized spacial score (nSPS) is 12.8. The molecule has 1 aliphatic heterocycles. The molecule has 56 heavy (non-hydrogen) atoms. The van der Waals surface area contributed by atoms with E-state index in [2.05, 4.69) is 20.8 Å². The molecule has 6 rings (SSSR count). The summed E-state index contributed by atoms with van der Waals surface area (Å²) in [6.07, 6.45) is 1.09. The Balaban J connectivity index is 0.896. The van der Waals surface area contributed by atoms with Gasteiger partial charge in [-0.2, -0.15) is 10.4 Å². The number of ether oxygens (including phenoxy) is 1. The van der Waals surface area contributed by atoms with Crippen LogP contribution < -0.4 is 16.2 Å². The highest BCUT2D eigenvalue weighted by atomic mass is 19.1. The van der Waals surface area contributed by atoms with Gasteiger partial charge in [-0.05, 0) is 59.0 Å². The number of nitrogens with zero attached hydrogens (tertiary/aromatic N) is 4. The van der Waals surface area contributed by atoms with Crippen molar-refractivity contribution in [1.82, 2.24) is 30.6 Å². The number of nitrogens with one attached hydrogen (secondary N) is 3. The summed E-state index contributed by atoms with van der Waals surface area (Å²) in [5.74, 6) is -2.77. The van der Waals surface area contributed by atoms with Gasteiger partial charge in [-0.1, -0.05) is 55.5 Å². The van der Waals surface area contributed by atoms with Gasteiger partial charge < -0.3 is 25.2 Å². The topological polar surface area (TPSA) is 161 Å². The first kappa shape index (κ1) is 39.4. The SMILES string of the molecule is CCc1cccc(-c2cc(F)c(C(=O)NCCOCCNCC(=O)N3CCN(C(=O)c4cc(Cc5n[nH]c(=O)c6ccccc56)ccc4F)CC3)c(C#N)c2)c1. The molecule has 288 valence electrons. The summed E-state index contributed by atoms with van der Waals surface area (Å²) in [6.45, 7) is 3.95. The number of H-pyrrole nitrogens is 1. The Bertz CT molecular complexity index is 2350. The molecule has 0 radical (unpaired) electrons. The van der Waals surface area contributed by atoms with Crippen molar-refractivity contribution in [3.8, 4) is 17.2 Å².